The van der Waals surface area contributed by atoms with Gasteiger partial charge in [0.05, 0.1) is 25.4 Å². The molecule has 0 aromatic heterocycles. The highest BCUT2D eigenvalue weighted by Gasteiger charge is 2.38. The average molecular weight is 560 g/mol. The van der Waals surface area contributed by atoms with Crippen molar-refractivity contribution in [3.05, 3.63) is 64.2 Å². The highest BCUT2D eigenvalue weighted by atomic mass is 19.4. The van der Waals surface area contributed by atoms with Crippen LogP contribution in [0.2, 0.25) is 0 Å². The molecule has 3 fully saturated rings. The fraction of sp³-hybridized carbons (Fsp3) is 0.581. The maximum Gasteiger partial charge on any atom is 0.416 e. The third-order valence-electron chi connectivity index (χ3n) is 8.81. The molecule has 0 saturated carbocycles. The number of benzene rings is 2. The Morgan fingerprint density at radius 2 is 1.73 bits per heavy atom. The lowest BCUT2D eigenvalue weighted by atomic mass is 9.86. The number of carbonyl (C=O) groups excluding carboxylic acids is 1. The number of hydrogen-bond donors (Lipinski definition) is 0. The Morgan fingerprint density at radius 1 is 0.975 bits per heavy atom. The van der Waals surface area contributed by atoms with Crippen molar-refractivity contribution in [2.75, 3.05) is 59.1 Å². The number of fused-ring (bicyclic) bond motifs is 1. The number of hydrogen-bond acceptors (Lipinski definition) is 5. The monoisotopic (exact) mass is 559 g/mol. The summed E-state index contributed by atoms with van der Waals surface area (Å²) in [5, 5.41) is 0. The zero-order chi connectivity index (χ0) is 28.3. The second-order valence-electron chi connectivity index (χ2n) is 11.2. The fourth-order valence-electron chi connectivity index (χ4n) is 6.38. The fourth-order valence-corrected chi connectivity index (χ4v) is 6.38. The van der Waals surface area contributed by atoms with Crippen molar-refractivity contribution in [1.82, 2.24) is 14.7 Å². The van der Waals surface area contributed by atoms with Crippen LogP contribution in [0.1, 0.15) is 64.3 Å². The molecule has 6 nitrogen and oxygen atoms in total. The van der Waals surface area contributed by atoms with E-state index in [0.29, 0.717) is 25.3 Å². The molecule has 3 aliphatic rings. The molecule has 0 aliphatic carbocycles. The SMILES string of the molecule is Cc1c(OCCCN2CCOCC2)ccc(C2CCCC3CN(C(=O)c4ccc(C(F)(F)F)cc4)CCN32)c1C. The first kappa shape index (κ1) is 28.9. The van der Waals surface area contributed by atoms with Crippen LogP contribution in [0.5, 0.6) is 5.75 Å². The molecule has 0 spiro atoms. The van der Waals surface area contributed by atoms with E-state index in [1.807, 2.05) is 0 Å². The maximum atomic E-state index is 13.1. The second kappa shape index (κ2) is 12.5. The van der Waals surface area contributed by atoms with Crippen molar-refractivity contribution < 1.29 is 27.4 Å². The number of piperidine rings is 1. The van der Waals surface area contributed by atoms with Crippen molar-refractivity contribution in [3.8, 4) is 5.75 Å². The van der Waals surface area contributed by atoms with E-state index in [0.717, 1.165) is 83.0 Å². The van der Waals surface area contributed by atoms with Gasteiger partial charge in [-0.3, -0.25) is 14.6 Å². The van der Waals surface area contributed by atoms with Gasteiger partial charge in [-0.1, -0.05) is 6.07 Å². The summed E-state index contributed by atoms with van der Waals surface area (Å²) in [6.45, 7) is 11.6. The summed E-state index contributed by atoms with van der Waals surface area (Å²) in [6.07, 6.45) is -0.264. The van der Waals surface area contributed by atoms with Crippen molar-refractivity contribution in [3.63, 3.8) is 0 Å². The van der Waals surface area contributed by atoms with Crippen LogP contribution in [-0.2, 0) is 10.9 Å². The number of rotatable bonds is 7. The lowest BCUT2D eigenvalue weighted by molar-refractivity contribution is -0.137. The first-order valence-corrected chi connectivity index (χ1v) is 14.5. The summed E-state index contributed by atoms with van der Waals surface area (Å²) in [5.74, 6) is 0.750. The molecule has 0 bridgehead atoms. The lowest BCUT2D eigenvalue weighted by Crippen LogP contribution is -2.57. The lowest BCUT2D eigenvalue weighted by Gasteiger charge is -2.49. The number of morpholine rings is 1. The minimum absolute atomic E-state index is 0.197. The van der Waals surface area contributed by atoms with Crippen LogP contribution in [0, 0.1) is 13.8 Å². The van der Waals surface area contributed by atoms with Gasteiger partial charge < -0.3 is 14.4 Å². The zero-order valence-corrected chi connectivity index (χ0v) is 23.5. The van der Waals surface area contributed by atoms with Crippen LogP contribution in [0.25, 0.3) is 0 Å². The molecule has 1 amide bonds. The number of ether oxygens (including phenoxy) is 2. The van der Waals surface area contributed by atoms with E-state index in [2.05, 4.69) is 35.8 Å². The molecule has 2 atom stereocenters. The van der Waals surface area contributed by atoms with Crippen LogP contribution in [0.3, 0.4) is 0 Å². The van der Waals surface area contributed by atoms with Gasteiger partial charge in [0.1, 0.15) is 5.75 Å². The largest absolute Gasteiger partial charge is 0.493 e. The third kappa shape index (κ3) is 6.47. The van der Waals surface area contributed by atoms with Crippen molar-refractivity contribution >= 4 is 5.91 Å². The minimum Gasteiger partial charge on any atom is -0.493 e. The van der Waals surface area contributed by atoms with Gasteiger partial charge >= 0.3 is 6.18 Å². The van der Waals surface area contributed by atoms with Gasteiger partial charge in [0.25, 0.3) is 5.91 Å². The van der Waals surface area contributed by atoms with Gasteiger partial charge in [0, 0.05) is 56.9 Å². The topological polar surface area (TPSA) is 45.3 Å². The van der Waals surface area contributed by atoms with E-state index in [1.54, 1.807) is 4.90 Å². The Balaban J connectivity index is 1.19. The molecule has 2 unspecified atom stereocenters. The van der Waals surface area contributed by atoms with E-state index >= 15 is 0 Å². The van der Waals surface area contributed by atoms with Gasteiger partial charge in [-0.05, 0) is 86.6 Å². The summed E-state index contributed by atoms with van der Waals surface area (Å²) >= 11 is 0. The van der Waals surface area contributed by atoms with Crippen LogP contribution >= 0.6 is 0 Å². The van der Waals surface area contributed by atoms with Crippen LogP contribution in [-0.4, -0.2) is 85.7 Å². The summed E-state index contributed by atoms with van der Waals surface area (Å²) in [7, 11) is 0. The molecular weight excluding hydrogens is 519 g/mol. The maximum absolute atomic E-state index is 13.1. The molecule has 3 saturated heterocycles. The summed E-state index contributed by atoms with van der Waals surface area (Å²) in [5.41, 5.74) is 3.34. The highest BCUT2D eigenvalue weighted by molar-refractivity contribution is 5.94. The molecule has 2 aromatic carbocycles. The van der Waals surface area contributed by atoms with Crippen LogP contribution in [0.4, 0.5) is 13.2 Å². The van der Waals surface area contributed by atoms with E-state index in [1.165, 1.54) is 28.8 Å². The Labute approximate surface area is 235 Å². The molecule has 3 heterocycles. The molecular formula is C31H40F3N3O3. The molecule has 5 rings (SSSR count). The van der Waals surface area contributed by atoms with Gasteiger partial charge in [-0.15, -0.1) is 0 Å². The second-order valence-corrected chi connectivity index (χ2v) is 11.2. The summed E-state index contributed by atoms with van der Waals surface area (Å²) in [6, 6.07) is 9.41. The average Bonchev–Trinajstić information content (AvgIpc) is 2.96. The highest BCUT2D eigenvalue weighted by Crippen LogP contribution is 2.40. The Bertz CT molecular complexity index is 1160. The smallest absolute Gasteiger partial charge is 0.416 e. The van der Waals surface area contributed by atoms with Gasteiger partial charge in [0.2, 0.25) is 0 Å². The van der Waals surface area contributed by atoms with Crippen molar-refractivity contribution in [1.29, 1.82) is 0 Å². The van der Waals surface area contributed by atoms with E-state index in [4.69, 9.17) is 9.47 Å². The first-order valence-electron chi connectivity index (χ1n) is 14.5. The minimum atomic E-state index is -4.41. The van der Waals surface area contributed by atoms with Crippen molar-refractivity contribution in [2.45, 2.75) is 57.8 Å². The molecule has 3 aliphatic heterocycles. The van der Waals surface area contributed by atoms with E-state index in [9.17, 15) is 18.0 Å². The Morgan fingerprint density at radius 3 is 2.45 bits per heavy atom. The molecule has 40 heavy (non-hydrogen) atoms. The predicted octanol–water partition coefficient (Wildman–Crippen LogP) is 5.47. The molecule has 2 aromatic rings. The van der Waals surface area contributed by atoms with Gasteiger partial charge in [-0.25, -0.2) is 0 Å². The number of amides is 1. The Kier molecular flexibility index (Phi) is 9.02. The van der Waals surface area contributed by atoms with Gasteiger partial charge in [0.15, 0.2) is 0 Å². The number of piperazine rings is 1. The normalized spacial score (nSPS) is 22.7. The van der Waals surface area contributed by atoms with Crippen molar-refractivity contribution in [2.24, 2.45) is 0 Å². The summed E-state index contributed by atoms with van der Waals surface area (Å²) in [4.78, 5) is 19.9. The zero-order valence-electron chi connectivity index (χ0n) is 23.5. The molecule has 218 valence electrons. The standard InChI is InChI=1S/C31H40F3N3O3/c1-22-23(2)29(40-18-4-13-35-16-19-39-20-17-35)12-11-27(22)28-6-3-5-26-21-36(14-15-37(26)28)30(38)24-7-9-25(10-8-24)31(32,33)34/h7-12,26,28H,3-6,13-21H2,1-2H3. The number of halogens is 3. The molecule has 0 radical (unpaired) electrons. The van der Waals surface area contributed by atoms with Crippen LogP contribution < -0.4 is 4.74 Å². The Hall–Kier alpha value is -2.62. The predicted molar refractivity (Wildman–Crippen MR) is 148 cm³/mol. The quantitative estimate of drug-likeness (QED) is 0.421. The first-order chi connectivity index (χ1) is 19.2. The number of alkyl halides is 3. The van der Waals surface area contributed by atoms with Crippen LogP contribution in [0.15, 0.2) is 36.4 Å². The third-order valence-corrected chi connectivity index (χ3v) is 8.81. The number of nitrogens with zero attached hydrogens (tertiary/aromatic N) is 3. The summed E-state index contributed by atoms with van der Waals surface area (Å²) < 4.78 is 50.4. The number of carbonyl (C=O) groups is 1. The van der Waals surface area contributed by atoms with E-state index < -0.39 is 11.7 Å². The molecule has 0 N–H and O–H groups in total. The van der Waals surface area contributed by atoms with Gasteiger partial charge in [-0.2, -0.15) is 13.2 Å². The molecule has 9 heteroatoms. The van der Waals surface area contributed by atoms with E-state index in [-0.39, 0.29) is 18.0 Å².